The van der Waals surface area contributed by atoms with E-state index in [4.69, 9.17) is 16.3 Å². The van der Waals surface area contributed by atoms with Gasteiger partial charge in [0.15, 0.2) is 5.71 Å². The van der Waals surface area contributed by atoms with Crippen molar-refractivity contribution in [1.82, 2.24) is 0 Å². The van der Waals surface area contributed by atoms with Crippen molar-refractivity contribution in [1.29, 1.82) is 0 Å². The molecule has 1 atom stereocenters. The van der Waals surface area contributed by atoms with Crippen molar-refractivity contribution in [3.8, 4) is 0 Å². The minimum atomic E-state index is -4.50. The highest BCUT2D eigenvalue weighted by Gasteiger charge is 2.45. The van der Waals surface area contributed by atoms with E-state index in [2.05, 4.69) is 5.87 Å². The first-order valence-electron chi connectivity index (χ1n) is 18.0. The van der Waals surface area contributed by atoms with Crippen LogP contribution in [-0.2, 0) is 55.7 Å². The maximum Gasteiger partial charge on any atom is 0.294 e. The molecule has 0 bridgehead atoms. The van der Waals surface area contributed by atoms with E-state index >= 15 is 0 Å². The largest absolute Gasteiger partial charge is 0.492 e. The SMILES string of the molecule is C=S(=O)(O)c1ccc2c(c1)C(C)(C)C(C=CC1=C(Cl)C(=CC=C3N(CCCCS(=O)(=O)O)c4ccc(S(=O)(=O)O)cc4C3(C)C)OCC1)=[N+]2CCCCS(=O)(=O)O. The summed E-state index contributed by atoms with van der Waals surface area (Å²) in [5.41, 5.74) is 3.70. The van der Waals surface area contributed by atoms with Gasteiger partial charge in [0.2, 0.25) is 5.69 Å². The number of anilines is 1. The molecule has 1 unspecified atom stereocenters. The summed E-state index contributed by atoms with van der Waals surface area (Å²) in [6.45, 7) is 8.75. The van der Waals surface area contributed by atoms with E-state index in [0.29, 0.717) is 61.0 Å². The number of rotatable bonds is 15. The topological polar surface area (TPSA) is 216 Å². The van der Waals surface area contributed by atoms with Crippen LogP contribution in [0.1, 0.15) is 70.9 Å². The highest BCUT2D eigenvalue weighted by molar-refractivity contribution is 7.95. The second kappa shape index (κ2) is 16.4. The lowest BCUT2D eigenvalue weighted by Crippen LogP contribution is -2.28. The zero-order valence-electron chi connectivity index (χ0n) is 32.0. The van der Waals surface area contributed by atoms with Crippen LogP contribution in [0, 0.1) is 0 Å². The van der Waals surface area contributed by atoms with Crippen LogP contribution in [0.2, 0.25) is 0 Å². The van der Waals surface area contributed by atoms with Gasteiger partial charge in [-0.15, -0.1) is 0 Å². The number of allylic oxidation sites excluding steroid dienone is 6. The molecule has 2 aromatic rings. The molecule has 3 aliphatic rings. The van der Waals surface area contributed by atoms with E-state index in [1.54, 1.807) is 36.4 Å². The summed E-state index contributed by atoms with van der Waals surface area (Å²) in [7, 11) is -16.3. The lowest BCUT2D eigenvalue weighted by Gasteiger charge is -2.27. The first-order chi connectivity index (χ1) is 26.2. The Hall–Kier alpha value is -3.33. The van der Waals surface area contributed by atoms with Gasteiger partial charge >= 0.3 is 0 Å². The molecule has 0 aliphatic carbocycles. The van der Waals surface area contributed by atoms with Crippen molar-refractivity contribution in [3.05, 3.63) is 93.9 Å². The molecule has 0 saturated carbocycles. The average molecular weight is 889 g/mol. The van der Waals surface area contributed by atoms with Gasteiger partial charge in [-0.2, -0.15) is 29.8 Å². The molecule has 57 heavy (non-hydrogen) atoms. The molecule has 0 saturated heterocycles. The number of nitrogens with zero attached hydrogens (tertiary/aromatic N) is 2. The maximum absolute atomic E-state index is 12.5. The fraction of sp³-hybridized carbons (Fsp3) is 0.421. The molecule has 2 aromatic carbocycles. The van der Waals surface area contributed by atoms with Crippen molar-refractivity contribution in [2.75, 3.05) is 36.1 Å². The van der Waals surface area contributed by atoms with Crippen molar-refractivity contribution in [2.45, 2.75) is 80.4 Å². The van der Waals surface area contributed by atoms with E-state index in [9.17, 15) is 47.7 Å². The predicted molar refractivity (Wildman–Crippen MR) is 222 cm³/mol. The molecule has 312 valence electrons. The molecule has 0 aromatic heterocycles. The number of unbranched alkanes of at least 4 members (excludes halogenated alkanes) is 2. The van der Waals surface area contributed by atoms with Crippen LogP contribution in [0.5, 0.6) is 0 Å². The van der Waals surface area contributed by atoms with Gasteiger partial charge in [-0.25, -0.2) is 4.21 Å². The number of fused-ring (bicyclic) bond motifs is 2. The molecule has 0 spiro atoms. The Morgan fingerprint density at radius 2 is 1.42 bits per heavy atom. The van der Waals surface area contributed by atoms with E-state index in [-0.39, 0.29) is 28.4 Å². The lowest BCUT2D eigenvalue weighted by atomic mass is 9.81. The van der Waals surface area contributed by atoms with Crippen molar-refractivity contribution >= 4 is 74.7 Å². The molecule has 5 rings (SSSR count). The van der Waals surface area contributed by atoms with Crippen LogP contribution in [0.3, 0.4) is 0 Å². The van der Waals surface area contributed by atoms with Crippen LogP contribution >= 0.6 is 11.6 Å². The zero-order valence-corrected chi connectivity index (χ0v) is 36.0. The molecular formula is C38H48ClN2O12S4+. The number of halogens is 1. The summed E-state index contributed by atoms with van der Waals surface area (Å²) in [5.74, 6) is 2.98. The fourth-order valence-corrected chi connectivity index (χ4v) is 9.98. The van der Waals surface area contributed by atoms with E-state index in [1.165, 1.54) is 12.1 Å². The maximum atomic E-state index is 12.5. The first-order valence-corrected chi connectivity index (χ1v) is 24.8. The number of ether oxygens (including phenoxy) is 1. The minimum absolute atomic E-state index is 0.175. The summed E-state index contributed by atoms with van der Waals surface area (Å²) >= 11 is 6.99. The normalized spacial score (nSPS) is 20.7. The third kappa shape index (κ3) is 10.3. The second-order valence-corrected chi connectivity index (χ2v) is 21.9. The van der Waals surface area contributed by atoms with Crippen LogP contribution in [0.25, 0.3) is 0 Å². The van der Waals surface area contributed by atoms with E-state index in [1.807, 2.05) is 49.3 Å². The molecule has 4 N–H and O–H groups in total. The quantitative estimate of drug-likeness (QED) is 0.0677. The Bertz CT molecular complexity index is 2570. The van der Waals surface area contributed by atoms with Crippen LogP contribution in [0.15, 0.2) is 92.6 Å². The van der Waals surface area contributed by atoms with Gasteiger partial charge < -0.3 is 14.2 Å². The van der Waals surface area contributed by atoms with Gasteiger partial charge in [0.25, 0.3) is 30.4 Å². The van der Waals surface area contributed by atoms with Crippen molar-refractivity contribution in [3.63, 3.8) is 0 Å². The van der Waals surface area contributed by atoms with Crippen LogP contribution in [0.4, 0.5) is 11.4 Å². The minimum Gasteiger partial charge on any atom is -0.492 e. The standard InChI is InChI=1S/C38H47ClN2O12S4/c1-37(2)29-24-27(54(5,42)43)11-13-31(29)40(19-6-8-22-55(44,45)46)34(37)16-10-26-18-21-53-33(36(26)39)15-17-35-38(3,4)30-25-28(57(50,51)52)12-14-32(30)41(35)20-7-9-23-56(47,48)49/h10-17,24-25H,5-9,18-23H2,1-4H3,(H3-,42,43,44,45,46,47,48,49,50,51,52)/p+1. The Morgan fingerprint density at radius 3 is 2.04 bits per heavy atom. The van der Waals surface area contributed by atoms with E-state index in [0.717, 1.165) is 28.2 Å². The smallest absolute Gasteiger partial charge is 0.294 e. The third-order valence-corrected chi connectivity index (χ3v) is 14.3. The van der Waals surface area contributed by atoms with Crippen LogP contribution < -0.4 is 4.90 Å². The van der Waals surface area contributed by atoms with Gasteiger partial charge in [-0.05, 0) is 92.6 Å². The summed E-state index contributed by atoms with van der Waals surface area (Å²) in [5, 5.41) is 0.337. The Morgan fingerprint density at radius 1 is 0.807 bits per heavy atom. The van der Waals surface area contributed by atoms with Gasteiger partial charge in [0, 0.05) is 53.9 Å². The zero-order chi connectivity index (χ0) is 42.4. The summed E-state index contributed by atoms with van der Waals surface area (Å²) < 4.78 is 129. The summed E-state index contributed by atoms with van der Waals surface area (Å²) in [6, 6.07) is 9.25. The molecule has 19 heteroatoms. The summed E-state index contributed by atoms with van der Waals surface area (Å²) in [6.07, 6.45) is 8.97. The number of hydrogen-bond donors (Lipinski definition) is 4. The Kier molecular flexibility index (Phi) is 12.9. The predicted octanol–water partition coefficient (Wildman–Crippen LogP) is 6.23. The lowest BCUT2D eigenvalue weighted by molar-refractivity contribution is -0.438. The van der Waals surface area contributed by atoms with Gasteiger partial charge in [-0.3, -0.25) is 13.7 Å². The molecule has 14 nitrogen and oxygen atoms in total. The van der Waals surface area contributed by atoms with Crippen LogP contribution in [-0.4, -0.2) is 95.0 Å². The first kappa shape index (κ1) is 44.8. The fourth-order valence-electron chi connectivity index (χ4n) is 7.47. The average Bonchev–Trinajstić information content (AvgIpc) is 3.43. The number of benzene rings is 2. The van der Waals surface area contributed by atoms with Gasteiger partial charge in [0.05, 0.1) is 38.4 Å². The van der Waals surface area contributed by atoms with E-state index < -0.39 is 56.7 Å². The highest BCUT2D eigenvalue weighted by Crippen LogP contribution is 2.49. The molecular weight excluding hydrogens is 840 g/mol. The van der Waals surface area contributed by atoms with Gasteiger partial charge in [-0.1, -0.05) is 31.5 Å². The Balaban J connectivity index is 1.52. The molecule has 0 amide bonds. The Labute approximate surface area is 340 Å². The highest BCUT2D eigenvalue weighted by atomic mass is 35.5. The molecule has 0 fully saturated rings. The van der Waals surface area contributed by atoms with Gasteiger partial charge in [0.1, 0.15) is 22.1 Å². The van der Waals surface area contributed by atoms with Crippen molar-refractivity contribution < 1.29 is 57.0 Å². The number of hydrogen-bond acceptors (Lipinski definition) is 9. The second-order valence-electron chi connectivity index (χ2n) is 15.3. The molecule has 3 heterocycles. The molecule has 3 aliphatic heterocycles. The monoisotopic (exact) mass is 887 g/mol. The molecule has 0 radical (unpaired) electrons. The summed E-state index contributed by atoms with van der Waals surface area (Å²) in [4.78, 5) is 1.84. The van der Waals surface area contributed by atoms with Crippen molar-refractivity contribution in [2.24, 2.45) is 0 Å². The third-order valence-electron chi connectivity index (χ3n) is 10.4.